The third-order valence-electron chi connectivity index (χ3n) is 2.32. The predicted molar refractivity (Wildman–Crippen MR) is 67.8 cm³/mol. The van der Waals surface area contributed by atoms with Gasteiger partial charge in [0.1, 0.15) is 5.75 Å². The summed E-state index contributed by atoms with van der Waals surface area (Å²) in [6, 6.07) is 7.50. The number of methoxy groups -OCH3 is 1. The Morgan fingerprint density at radius 3 is 3.06 bits per heavy atom. The summed E-state index contributed by atoms with van der Waals surface area (Å²) >= 11 is 0. The van der Waals surface area contributed by atoms with Crippen LogP contribution in [0.5, 0.6) is 5.75 Å². The zero-order chi connectivity index (χ0) is 12.5. The molecule has 1 rings (SSSR count). The summed E-state index contributed by atoms with van der Waals surface area (Å²) in [7, 11) is 1.61. The third kappa shape index (κ3) is 5.07. The van der Waals surface area contributed by atoms with Crippen LogP contribution in [0.15, 0.2) is 24.3 Å². The van der Waals surface area contributed by atoms with Crippen molar-refractivity contribution in [2.45, 2.75) is 19.3 Å². The lowest BCUT2D eigenvalue weighted by molar-refractivity contribution is -0.120. The minimum Gasteiger partial charge on any atom is -0.497 e. The van der Waals surface area contributed by atoms with E-state index in [1.807, 2.05) is 24.3 Å². The van der Waals surface area contributed by atoms with Gasteiger partial charge in [-0.2, -0.15) is 0 Å². The van der Waals surface area contributed by atoms with E-state index in [1.54, 1.807) is 7.11 Å². The molecule has 1 N–H and O–H groups in total. The summed E-state index contributed by atoms with van der Waals surface area (Å²) in [5, 5.41) is 2.83. The van der Waals surface area contributed by atoms with Crippen molar-refractivity contribution >= 4 is 5.91 Å². The standard InChI is InChI=1S/C14H17NO2/c1-3-4-5-9-15-14(16)11-12-7-6-8-13(10-12)17-2/h1,6-8,10H,4-5,9,11H2,2H3,(H,15,16). The molecule has 17 heavy (non-hydrogen) atoms. The highest BCUT2D eigenvalue weighted by molar-refractivity contribution is 5.78. The Labute approximate surface area is 102 Å². The summed E-state index contributed by atoms with van der Waals surface area (Å²) in [6.45, 7) is 0.632. The van der Waals surface area contributed by atoms with Crippen molar-refractivity contribution in [1.82, 2.24) is 5.32 Å². The molecule has 1 aromatic rings. The molecule has 0 atom stereocenters. The number of benzene rings is 1. The number of ether oxygens (including phenoxy) is 1. The number of terminal acetylenes is 1. The lowest BCUT2D eigenvalue weighted by Gasteiger charge is -2.05. The Morgan fingerprint density at radius 2 is 2.35 bits per heavy atom. The molecule has 0 aromatic heterocycles. The lowest BCUT2D eigenvalue weighted by Crippen LogP contribution is -2.25. The summed E-state index contributed by atoms with van der Waals surface area (Å²) in [5.41, 5.74) is 0.943. The molecule has 0 unspecified atom stereocenters. The second-order valence-corrected chi connectivity index (χ2v) is 3.69. The molecule has 0 bridgehead atoms. The van der Waals surface area contributed by atoms with E-state index < -0.39 is 0 Å². The third-order valence-corrected chi connectivity index (χ3v) is 2.32. The molecule has 0 aliphatic heterocycles. The van der Waals surface area contributed by atoms with Gasteiger partial charge >= 0.3 is 0 Å². The van der Waals surface area contributed by atoms with Gasteiger partial charge in [-0.15, -0.1) is 12.3 Å². The fourth-order valence-electron chi connectivity index (χ4n) is 1.45. The van der Waals surface area contributed by atoms with Crippen LogP contribution < -0.4 is 10.1 Å². The van der Waals surface area contributed by atoms with Gasteiger partial charge in [-0.05, 0) is 24.1 Å². The first-order valence-electron chi connectivity index (χ1n) is 5.59. The average Bonchev–Trinajstić information content (AvgIpc) is 2.35. The fourth-order valence-corrected chi connectivity index (χ4v) is 1.45. The summed E-state index contributed by atoms with van der Waals surface area (Å²) in [6.07, 6.45) is 7.01. The maximum atomic E-state index is 11.6. The maximum Gasteiger partial charge on any atom is 0.224 e. The molecule has 0 spiro atoms. The van der Waals surface area contributed by atoms with Gasteiger partial charge in [0.2, 0.25) is 5.91 Å². The van der Waals surface area contributed by atoms with Crippen molar-refractivity contribution in [2.24, 2.45) is 0 Å². The van der Waals surface area contributed by atoms with E-state index >= 15 is 0 Å². The average molecular weight is 231 g/mol. The molecule has 0 aliphatic carbocycles. The van der Waals surface area contributed by atoms with Crippen LogP contribution >= 0.6 is 0 Å². The number of rotatable bonds is 6. The Balaban J connectivity index is 2.37. The SMILES string of the molecule is C#CCCCNC(=O)Cc1cccc(OC)c1. The van der Waals surface area contributed by atoms with Gasteiger partial charge in [-0.1, -0.05) is 12.1 Å². The molecule has 0 heterocycles. The number of hydrogen-bond donors (Lipinski definition) is 1. The van der Waals surface area contributed by atoms with Gasteiger partial charge < -0.3 is 10.1 Å². The van der Waals surface area contributed by atoms with E-state index in [-0.39, 0.29) is 5.91 Å². The quantitative estimate of drug-likeness (QED) is 0.598. The van der Waals surface area contributed by atoms with Crippen LogP contribution in [0.1, 0.15) is 18.4 Å². The lowest BCUT2D eigenvalue weighted by atomic mass is 10.1. The van der Waals surface area contributed by atoms with Gasteiger partial charge in [0.25, 0.3) is 0 Å². The van der Waals surface area contributed by atoms with Gasteiger partial charge in [0.15, 0.2) is 0 Å². The second-order valence-electron chi connectivity index (χ2n) is 3.69. The van der Waals surface area contributed by atoms with Crippen molar-refractivity contribution in [3.05, 3.63) is 29.8 Å². The van der Waals surface area contributed by atoms with Crippen LogP contribution in [0.4, 0.5) is 0 Å². The van der Waals surface area contributed by atoms with Crippen LogP contribution in [-0.4, -0.2) is 19.6 Å². The monoisotopic (exact) mass is 231 g/mol. The zero-order valence-corrected chi connectivity index (χ0v) is 10.0. The predicted octanol–water partition coefficient (Wildman–Crippen LogP) is 1.77. The first kappa shape index (κ1) is 13.1. The minimum absolute atomic E-state index is 0.00951. The second kappa shape index (κ2) is 7.34. The maximum absolute atomic E-state index is 11.6. The highest BCUT2D eigenvalue weighted by Crippen LogP contribution is 2.12. The topological polar surface area (TPSA) is 38.3 Å². The number of amides is 1. The van der Waals surface area contributed by atoms with Gasteiger partial charge in [0, 0.05) is 13.0 Å². The van der Waals surface area contributed by atoms with E-state index in [0.717, 1.165) is 17.7 Å². The molecule has 0 radical (unpaired) electrons. The van der Waals surface area contributed by atoms with Gasteiger partial charge in [0.05, 0.1) is 13.5 Å². The fraction of sp³-hybridized carbons (Fsp3) is 0.357. The number of hydrogen-bond acceptors (Lipinski definition) is 2. The van der Waals surface area contributed by atoms with Gasteiger partial charge in [-0.3, -0.25) is 4.79 Å². The number of nitrogens with one attached hydrogen (secondary N) is 1. The summed E-state index contributed by atoms with van der Waals surface area (Å²) in [5.74, 6) is 3.31. The van der Waals surface area contributed by atoms with Crippen LogP contribution in [0.3, 0.4) is 0 Å². The molecule has 1 aromatic carbocycles. The van der Waals surface area contributed by atoms with E-state index in [0.29, 0.717) is 19.4 Å². The largest absolute Gasteiger partial charge is 0.497 e. The van der Waals surface area contributed by atoms with Crippen LogP contribution in [0.2, 0.25) is 0 Å². The van der Waals surface area contributed by atoms with Crippen LogP contribution in [0.25, 0.3) is 0 Å². The Bertz CT molecular complexity index is 407. The molecule has 0 saturated carbocycles. The highest BCUT2D eigenvalue weighted by Gasteiger charge is 2.03. The molecule has 3 heteroatoms. The molecule has 90 valence electrons. The molecule has 3 nitrogen and oxygen atoms in total. The van der Waals surface area contributed by atoms with Gasteiger partial charge in [-0.25, -0.2) is 0 Å². The van der Waals surface area contributed by atoms with Crippen molar-refractivity contribution in [1.29, 1.82) is 0 Å². The van der Waals surface area contributed by atoms with E-state index in [1.165, 1.54) is 0 Å². The van der Waals surface area contributed by atoms with Crippen molar-refractivity contribution in [3.63, 3.8) is 0 Å². The molecule has 0 saturated heterocycles. The number of carbonyl (C=O) groups excluding carboxylic acids is 1. The molecule has 0 aliphatic rings. The van der Waals surface area contributed by atoms with E-state index in [4.69, 9.17) is 11.2 Å². The Kier molecular flexibility index (Phi) is 5.67. The molecular weight excluding hydrogens is 214 g/mol. The van der Waals surface area contributed by atoms with Crippen LogP contribution in [0, 0.1) is 12.3 Å². The number of unbranched alkanes of at least 4 members (excludes halogenated alkanes) is 1. The first-order valence-corrected chi connectivity index (χ1v) is 5.59. The highest BCUT2D eigenvalue weighted by atomic mass is 16.5. The zero-order valence-electron chi connectivity index (χ0n) is 10.0. The molecule has 0 fully saturated rings. The minimum atomic E-state index is 0.00951. The summed E-state index contributed by atoms with van der Waals surface area (Å²) < 4.78 is 5.10. The Morgan fingerprint density at radius 1 is 1.53 bits per heavy atom. The Hall–Kier alpha value is -1.95. The first-order chi connectivity index (χ1) is 8.26. The molecule has 1 amide bonds. The van der Waals surface area contributed by atoms with Crippen LogP contribution in [-0.2, 0) is 11.2 Å². The van der Waals surface area contributed by atoms with E-state index in [9.17, 15) is 4.79 Å². The number of carbonyl (C=O) groups is 1. The molecular formula is C14H17NO2. The van der Waals surface area contributed by atoms with Crippen molar-refractivity contribution < 1.29 is 9.53 Å². The van der Waals surface area contributed by atoms with Crippen molar-refractivity contribution in [3.8, 4) is 18.1 Å². The normalized spacial score (nSPS) is 9.41. The smallest absolute Gasteiger partial charge is 0.224 e. The van der Waals surface area contributed by atoms with E-state index in [2.05, 4.69) is 11.2 Å². The summed E-state index contributed by atoms with van der Waals surface area (Å²) in [4.78, 5) is 11.6. The van der Waals surface area contributed by atoms with Crippen molar-refractivity contribution in [2.75, 3.05) is 13.7 Å².